The summed E-state index contributed by atoms with van der Waals surface area (Å²) in [5, 5.41) is 19.1. The molecule has 15 heavy (non-hydrogen) atoms. The van der Waals surface area contributed by atoms with Gasteiger partial charge in [0.1, 0.15) is 17.4 Å². The number of hydrogen-bond acceptors (Lipinski definition) is 4. The number of halogens is 1. The van der Waals surface area contributed by atoms with Crippen molar-refractivity contribution >= 4 is 5.69 Å². The largest absolute Gasteiger partial charge is 0.380 e. The molecule has 0 unspecified atom stereocenters. The fourth-order valence-corrected chi connectivity index (χ4v) is 1.11. The van der Waals surface area contributed by atoms with E-state index in [2.05, 4.69) is 4.74 Å². The van der Waals surface area contributed by atoms with E-state index < -0.39 is 16.4 Å². The van der Waals surface area contributed by atoms with Crippen LogP contribution in [0.4, 0.5) is 10.1 Å². The van der Waals surface area contributed by atoms with Crippen molar-refractivity contribution in [1.29, 1.82) is 5.26 Å². The molecule has 1 aromatic rings. The van der Waals surface area contributed by atoms with Crippen LogP contribution >= 0.6 is 0 Å². The Hall–Kier alpha value is -2.00. The molecule has 0 aliphatic heterocycles. The van der Waals surface area contributed by atoms with Gasteiger partial charge in [-0.1, -0.05) is 0 Å². The van der Waals surface area contributed by atoms with Gasteiger partial charge in [-0.25, -0.2) is 4.39 Å². The number of hydrogen-bond donors (Lipinski definition) is 0. The minimum atomic E-state index is -0.793. The van der Waals surface area contributed by atoms with Crippen molar-refractivity contribution in [2.45, 2.75) is 6.61 Å². The zero-order chi connectivity index (χ0) is 11.4. The zero-order valence-corrected chi connectivity index (χ0v) is 7.86. The van der Waals surface area contributed by atoms with Crippen molar-refractivity contribution < 1.29 is 14.1 Å². The average Bonchev–Trinajstić information content (AvgIpc) is 2.20. The maximum atomic E-state index is 13.2. The fraction of sp³-hybridized carbons (Fsp3) is 0.222. The van der Waals surface area contributed by atoms with Crippen molar-refractivity contribution in [2.24, 2.45) is 0 Å². The molecule has 78 valence electrons. The summed E-state index contributed by atoms with van der Waals surface area (Å²) in [6.45, 7) is -0.0293. The van der Waals surface area contributed by atoms with Gasteiger partial charge in [-0.05, 0) is 6.07 Å². The Bertz CT molecular complexity index is 440. The minimum absolute atomic E-state index is 0.0293. The molecule has 0 N–H and O–H groups in total. The van der Waals surface area contributed by atoms with Gasteiger partial charge in [0.05, 0.1) is 17.6 Å². The fourth-order valence-electron chi connectivity index (χ4n) is 1.11. The lowest BCUT2D eigenvalue weighted by Crippen LogP contribution is -1.99. The predicted molar refractivity (Wildman–Crippen MR) is 48.5 cm³/mol. The van der Waals surface area contributed by atoms with Crippen LogP contribution in [0.25, 0.3) is 0 Å². The molecule has 0 spiro atoms. The van der Waals surface area contributed by atoms with E-state index in [1.165, 1.54) is 7.11 Å². The van der Waals surface area contributed by atoms with Crippen LogP contribution < -0.4 is 0 Å². The average molecular weight is 210 g/mol. The normalized spacial score (nSPS) is 9.67. The van der Waals surface area contributed by atoms with Crippen molar-refractivity contribution in [3.63, 3.8) is 0 Å². The smallest absolute Gasteiger partial charge is 0.290 e. The molecule has 0 atom stereocenters. The van der Waals surface area contributed by atoms with Crippen LogP contribution in [0.15, 0.2) is 12.1 Å². The van der Waals surface area contributed by atoms with Gasteiger partial charge in [0.25, 0.3) is 5.69 Å². The number of rotatable bonds is 3. The van der Waals surface area contributed by atoms with E-state index in [9.17, 15) is 14.5 Å². The summed E-state index contributed by atoms with van der Waals surface area (Å²) < 4.78 is 17.9. The second-order valence-corrected chi connectivity index (χ2v) is 2.76. The monoisotopic (exact) mass is 210 g/mol. The minimum Gasteiger partial charge on any atom is -0.380 e. The third kappa shape index (κ3) is 2.27. The number of nitro groups is 1. The van der Waals surface area contributed by atoms with Crippen LogP contribution in [-0.2, 0) is 11.3 Å². The summed E-state index contributed by atoms with van der Waals surface area (Å²) in [4.78, 5) is 9.67. The molecule has 0 aromatic heterocycles. The molecule has 0 aliphatic rings. The lowest BCUT2D eigenvalue weighted by molar-refractivity contribution is -0.385. The zero-order valence-electron chi connectivity index (χ0n) is 7.86. The number of benzene rings is 1. The third-order valence-corrected chi connectivity index (χ3v) is 1.78. The molecular weight excluding hydrogens is 203 g/mol. The number of nitrogens with zero attached hydrogens (tertiary/aromatic N) is 2. The first-order valence-electron chi connectivity index (χ1n) is 3.96. The maximum Gasteiger partial charge on any atom is 0.290 e. The molecule has 1 aromatic carbocycles. The number of methoxy groups -OCH3 is 1. The molecule has 0 heterocycles. The third-order valence-electron chi connectivity index (χ3n) is 1.78. The number of nitriles is 1. The Kier molecular flexibility index (Phi) is 3.31. The van der Waals surface area contributed by atoms with Crippen molar-refractivity contribution in [1.82, 2.24) is 0 Å². The summed E-state index contributed by atoms with van der Waals surface area (Å²) in [7, 11) is 1.37. The summed E-state index contributed by atoms with van der Waals surface area (Å²) in [6, 6.07) is 3.49. The van der Waals surface area contributed by atoms with Gasteiger partial charge in [0.15, 0.2) is 0 Å². The summed E-state index contributed by atoms with van der Waals surface area (Å²) in [5.74, 6) is -0.748. The lowest BCUT2D eigenvalue weighted by atomic mass is 10.1. The molecule has 0 saturated heterocycles. The summed E-state index contributed by atoms with van der Waals surface area (Å²) in [5.41, 5.74) is -0.581. The number of ether oxygens (including phenoxy) is 1. The molecule has 0 radical (unpaired) electrons. The van der Waals surface area contributed by atoms with E-state index in [-0.39, 0.29) is 17.7 Å². The van der Waals surface area contributed by atoms with Gasteiger partial charge in [0, 0.05) is 12.7 Å². The van der Waals surface area contributed by atoms with Crippen LogP contribution in [0.2, 0.25) is 0 Å². The summed E-state index contributed by atoms with van der Waals surface area (Å²) in [6.07, 6.45) is 0. The van der Waals surface area contributed by atoms with E-state index in [4.69, 9.17) is 5.26 Å². The second-order valence-electron chi connectivity index (χ2n) is 2.76. The number of nitro benzene ring substituents is 1. The Morgan fingerprint density at radius 2 is 2.33 bits per heavy atom. The maximum absolute atomic E-state index is 13.2. The Morgan fingerprint density at radius 3 is 2.80 bits per heavy atom. The van der Waals surface area contributed by atoms with Crippen LogP contribution in [0, 0.1) is 27.3 Å². The topological polar surface area (TPSA) is 76.2 Å². The van der Waals surface area contributed by atoms with Gasteiger partial charge in [0.2, 0.25) is 0 Å². The molecule has 0 bridgehead atoms. The van der Waals surface area contributed by atoms with Crippen molar-refractivity contribution in [3.8, 4) is 6.07 Å². The predicted octanol–water partition coefficient (Wildman–Crippen LogP) is 1.75. The van der Waals surface area contributed by atoms with Gasteiger partial charge >= 0.3 is 0 Å². The second kappa shape index (κ2) is 4.48. The Labute approximate surface area is 84.9 Å². The van der Waals surface area contributed by atoms with Crippen molar-refractivity contribution in [2.75, 3.05) is 7.11 Å². The van der Waals surface area contributed by atoms with E-state index in [1.807, 2.05) is 0 Å². The van der Waals surface area contributed by atoms with Gasteiger partial charge < -0.3 is 4.74 Å². The van der Waals surface area contributed by atoms with Crippen LogP contribution in [0.5, 0.6) is 0 Å². The molecule has 0 aliphatic carbocycles. The van der Waals surface area contributed by atoms with E-state index >= 15 is 0 Å². The highest BCUT2D eigenvalue weighted by molar-refractivity contribution is 5.50. The lowest BCUT2D eigenvalue weighted by Gasteiger charge is -2.02. The molecule has 0 saturated carbocycles. The van der Waals surface area contributed by atoms with Crippen molar-refractivity contribution in [3.05, 3.63) is 39.2 Å². The first-order valence-corrected chi connectivity index (χ1v) is 3.96. The molecule has 0 amide bonds. The van der Waals surface area contributed by atoms with E-state index in [0.717, 1.165) is 12.1 Å². The van der Waals surface area contributed by atoms with Gasteiger partial charge in [-0.15, -0.1) is 0 Å². The highest BCUT2D eigenvalue weighted by atomic mass is 19.1. The van der Waals surface area contributed by atoms with E-state index in [0.29, 0.717) is 0 Å². The quantitative estimate of drug-likeness (QED) is 0.562. The first kappa shape index (κ1) is 11.1. The van der Waals surface area contributed by atoms with Crippen LogP contribution in [0.1, 0.15) is 11.1 Å². The standard InChI is InChI=1S/C9H7FN2O3/c1-15-5-7-2-6(4-11)9(12(13)14)3-8(7)10/h2-3H,5H2,1H3. The van der Waals surface area contributed by atoms with Gasteiger partial charge in [-0.3, -0.25) is 10.1 Å². The molecule has 6 heteroatoms. The first-order chi connectivity index (χ1) is 7.10. The van der Waals surface area contributed by atoms with E-state index in [1.54, 1.807) is 6.07 Å². The SMILES string of the molecule is COCc1cc(C#N)c([N+](=O)[O-])cc1F. The Morgan fingerprint density at radius 1 is 1.67 bits per heavy atom. The Balaban J connectivity index is 3.30. The molecular formula is C9H7FN2O3. The van der Waals surface area contributed by atoms with Gasteiger partial charge in [-0.2, -0.15) is 5.26 Å². The van der Waals surface area contributed by atoms with Crippen LogP contribution in [0.3, 0.4) is 0 Å². The molecule has 5 nitrogen and oxygen atoms in total. The highest BCUT2D eigenvalue weighted by Gasteiger charge is 2.17. The highest BCUT2D eigenvalue weighted by Crippen LogP contribution is 2.22. The molecule has 0 fully saturated rings. The van der Waals surface area contributed by atoms with Crippen LogP contribution in [-0.4, -0.2) is 12.0 Å². The molecule has 1 rings (SSSR count). The summed E-state index contributed by atoms with van der Waals surface area (Å²) >= 11 is 0.